The number of aryl methyl sites for hydroxylation is 1. The molecule has 2 aromatic rings. The summed E-state index contributed by atoms with van der Waals surface area (Å²) in [5, 5.41) is 3.96. The summed E-state index contributed by atoms with van der Waals surface area (Å²) in [5.41, 5.74) is 1.32. The van der Waals surface area contributed by atoms with Crippen molar-refractivity contribution in [2.75, 3.05) is 26.0 Å². The van der Waals surface area contributed by atoms with E-state index in [0.717, 1.165) is 19.6 Å². The zero-order chi connectivity index (χ0) is 14.7. The van der Waals surface area contributed by atoms with Crippen molar-refractivity contribution in [3.63, 3.8) is 0 Å². The van der Waals surface area contributed by atoms with E-state index < -0.39 is 0 Å². The van der Waals surface area contributed by atoms with Gasteiger partial charge in [-0.2, -0.15) is 4.98 Å². The van der Waals surface area contributed by atoms with Gasteiger partial charge in [0.25, 0.3) is 0 Å². The molecule has 0 N–H and O–H groups in total. The number of nitrogens with zero attached hydrogens (tertiary/aromatic N) is 3. The average Bonchev–Trinajstić information content (AvgIpc) is 2.95. The topological polar surface area (TPSA) is 51.4 Å². The minimum atomic E-state index is -0.0957. The Kier molecular flexibility index (Phi) is 4.57. The molecule has 1 aliphatic heterocycles. The minimum absolute atomic E-state index is 0.0957. The molecular formula is C15H19N3O2S. The molecule has 1 atom stereocenters. The second kappa shape index (κ2) is 6.60. The molecule has 0 spiro atoms. The van der Waals surface area contributed by atoms with Crippen LogP contribution in [0.4, 0.5) is 0 Å². The zero-order valence-electron chi connectivity index (χ0n) is 12.3. The van der Waals surface area contributed by atoms with Crippen LogP contribution >= 0.6 is 11.8 Å². The lowest BCUT2D eigenvalue weighted by molar-refractivity contribution is -0.0380. The Hall–Kier alpha value is -1.37. The molecule has 0 amide bonds. The van der Waals surface area contributed by atoms with Crippen LogP contribution in [0.1, 0.15) is 23.4 Å². The minimum Gasteiger partial charge on any atom is -0.367 e. The molecule has 2 heterocycles. The van der Waals surface area contributed by atoms with Crippen LogP contribution in [0.25, 0.3) is 0 Å². The Labute approximate surface area is 128 Å². The van der Waals surface area contributed by atoms with Gasteiger partial charge in [0.2, 0.25) is 11.7 Å². The van der Waals surface area contributed by atoms with E-state index in [1.807, 2.05) is 0 Å². The number of ether oxygens (including phenoxy) is 1. The summed E-state index contributed by atoms with van der Waals surface area (Å²) in [7, 11) is 0. The summed E-state index contributed by atoms with van der Waals surface area (Å²) in [6, 6.07) is 8.71. The maximum absolute atomic E-state index is 5.75. The molecule has 6 heteroatoms. The van der Waals surface area contributed by atoms with Crippen LogP contribution < -0.4 is 0 Å². The van der Waals surface area contributed by atoms with Gasteiger partial charge in [0.05, 0.1) is 6.61 Å². The summed E-state index contributed by atoms with van der Waals surface area (Å²) in [5.74, 6) is 1.23. The molecule has 0 radical (unpaired) electrons. The van der Waals surface area contributed by atoms with Gasteiger partial charge < -0.3 is 9.26 Å². The normalized spacial score (nSPS) is 19.8. The Morgan fingerprint density at radius 3 is 2.81 bits per heavy atom. The number of benzene rings is 1. The third kappa shape index (κ3) is 3.64. The van der Waals surface area contributed by atoms with Gasteiger partial charge in [0.15, 0.2) is 0 Å². The maximum atomic E-state index is 5.75. The molecule has 1 fully saturated rings. The predicted octanol–water partition coefficient (Wildman–Crippen LogP) is 2.67. The van der Waals surface area contributed by atoms with Crippen LogP contribution in [0.15, 0.2) is 33.7 Å². The van der Waals surface area contributed by atoms with Crippen LogP contribution in [-0.2, 0) is 11.3 Å². The highest BCUT2D eigenvalue weighted by Crippen LogP contribution is 2.22. The van der Waals surface area contributed by atoms with Gasteiger partial charge in [-0.15, -0.1) is 11.8 Å². The third-order valence-corrected chi connectivity index (χ3v) is 4.29. The third-order valence-electron chi connectivity index (χ3n) is 3.55. The first-order valence-electron chi connectivity index (χ1n) is 7.01. The number of aromatic nitrogens is 2. The lowest BCUT2D eigenvalue weighted by Crippen LogP contribution is -2.38. The van der Waals surface area contributed by atoms with Gasteiger partial charge in [-0.1, -0.05) is 17.3 Å². The number of hydrogen-bond acceptors (Lipinski definition) is 6. The van der Waals surface area contributed by atoms with Crippen molar-refractivity contribution in [3.8, 4) is 0 Å². The van der Waals surface area contributed by atoms with E-state index in [1.54, 1.807) is 18.7 Å². The molecule has 1 aromatic heterocycles. The molecule has 21 heavy (non-hydrogen) atoms. The number of morpholine rings is 1. The molecular weight excluding hydrogens is 286 g/mol. The second-order valence-corrected chi connectivity index (χ2v) is 5.99. The van der Waals surface area contributed by atoms with Crippen molar-refractivity contribution >= 4 is 11.8 Å². The van der Waals surface area contributed by atoms with Crippen molar-refractivity contribution in [1.82, 2.24) is 15.0 Å². The molecule has 5 nitrogen and oxygen atoms in total. The van der Waals surface area contributed by atoms with Crippen LogP contribution in [0.3, 0.4) is 0 Å². The quantitative estimate of drug-likeness (QED) is 0.810. The molecule has 1 unspecified atom stereocenters. The van der Waals surface area contributed by atoms with Gasteiger partial charge in [-0.3, -0.25) is 4.90 Å². The molecule has 1 aromatic carbocycles. The highest BCUT2D eigenvalue weighted by atomic mass is 32.2. The number of thioether (sulfide) groups is 1. The van der Waals surface area contributed by atoms with E-state index in [0.29, 0.717) is 18.3 Å². The highest BCUT2D eigenvalue weighted by Gasteiger charge is 2.25. The summed E-state index contributed by atoms with van der Waals surface area (Å²) in [6.45, 7) is 5.14. The molecule has 0 bridgehead atoms. The number of rotatable bonds is 4. The molecule has 1 aliphatic rings. The van der Waals surface area contributed by atoms with Crippen molar-refractivity contribution in [3.05, 3.63) is 41.5 Å². The van der Waals surface area contributed by atoms with Crippen LogP contribution in [-0.4, -0.2) is 41.0 Å². The summed E-state index contributed by atoms with van der Waals surface area (Å²) >= 11 is 1.76. The van der Waals surface area contributed by atoms with E-state index in [1.165, 1.54) is 10.5 Å². The van der Waals surface area contributed by atoms with Gasteiger partial charge in [0, 0.05) is 31.5 Å². The SMILES string of the molecule is CSc1ccc(CN2CCOC(c3noc(C)n3)C2)cc1. The van der Waals surface area contributed by atoms with E-state index in [9.17, 15) is 0 Å². The van der Waals surface area contributed by atoms with E-state index in [4.69, 9.17) is 9.26 Å². The van der Waals surface area contributed by atoms with E-state index in [2.05, 4.69) is 45.6 Å². The molecule has 3 rings (SSSR count). The van der Waals surface area contributed by atoms with Crippen molar-refractivity contribution in [1.29, 1.82) is 0 Å². The van der Waals surface area contributed by atoms with Gasteiger partial charge >= 0.3 is 0 Å². The van der Waals surface area contributed by atoms with Gasteiger partial charge in [-0.25, -0.2) is 0 Å². The fourth-order valence-electron chi connectivity index (χ4n) is 2.44. The monoisotopic (exact) mass is 305 g/mol. The second-order valence-electron chi connectivity index (χ2n) is 5.11. The maximum Gasteiger partial charge on any atom is 0.223 e. The largest absolute Gasteiger partial charge is 0.367 e. The molecule has 0 saturated carbocycles. The van der Waals surface area contributed by atoms with Crippen LogP contribution in [0.2, 0.25) is 0 Å². The fraction of sp³-hybridized carbons (Fsp3) is 0.467. The zero-order valence-corrected chi connectivity index (χ0v) is 13.1. The molecule has 0 aliphatic carbocycles. The summed E-state index contributed by atoms with van der Waals surface area (Å²) in [6.07, 6.45) is 2.00. The first-order chi connectivity index (χ1) is 10.2. The van der Waals surface area contributed by atoms with Crippen molar-refractivity contribution in [2.24, 2.45) is 0 Å². The van der Waals surface area contributed by atoms with Crippen molar-refractivity contribution < 1.29 is 9.26 Å². The van der Waals surface area contributed by atoms with Crippen molar-refractivity contribution in [2.45, 2.75) is 24.5 Å². The molecule has 112 valence electrons. The summed E-state index contributed by atoms with van der Waals surface area (Å²) < 4.78 is 10.8. The fourth-order valence-corrected chi connectivity index (χ4v) is 2.85. The first-order valence-corrected chi connectivity index (χ1v) is 8.24. The Balaban J connectivity index is 1.62. The standard InChI is InChI=1S/C15H19N3O2S/c1-11-16-15(17-20-11)14-10-18(7-8-19-14)9-12-3-5-13(21-2)6-4-12/h3-6,14H,7-10H2,1-2H3. The Bertz CT molecular complexity index is 585. The summed E-state index contributed by atoms with van der Waals surface area (Å²) in [4.78, 5) is 7.93. The smallest absolute Gasteiger partial charge is 0.223 e. The Morgan fingerprint density at radius 1 is 1.33 bits per heavy atom. The van der Waals surface area contributed by atoms with Gasteiger partial charge in [0.1, 0.15) is 6.10 Å². The number of hydrogen-bond donors (Lipinski definition) is 0. The van der Waals surface area contributed by atoms with Gasteiger partial charge in [-0.05, 0) is 24.0 Å². The van der Waals surface area contributed by atoms with E-state index in [-0.39, 0.29) is 6.10 Å². The average molecular weight is 305 g/mol. The predicted molar refractivity (Wildman–Crippen MR) is 81.2 cm³/mol. The van der Waals surface area contributed by atoms with E-state index >= 15 is 0 Å². The Morgan fingerprint density at radius 2 is 2.14 bits per heavy atom. The van der Waals surface area contributed by atoms with Crippen LogP contribution in [0.5, 0.6) is 0 Å². The molecule has 1 saturated heterocycles. The lowest BCUT2D eigenvalue weighted by Gasteiger charge is -2.31. The lowest BCUT2D eigenvalue weighted by atomic mass is 10.2. The van der Waals surface area contributed by atoms with Crippen LogP contribution in [0, 0.1) is 6.92 Å². The first kappa shape index (κ1) is 14.6. The highest BCUT2D eigenvalue weighted by molar-refractivity contribution is 7.98.